The number of amides is 1. The molecule has 0 radical (unpaired) electrons. The molecule has 4 nitrogen and oxygen atoms in total. The zero-order valence-corrected chi connectivity index (χ0v) is 11.6. The van der Waals surface area contributed by atoms with E-state index in [1.54, 1.807) is 12.1 Å². The summed E-state index contributed by atoms with van der Waals surface area (Å²) in [6.07, 6.45) is 0.371. The Balaban J connectivity index is 2.06. The number of carbonyl (C=O) groups is 1. The van der Waals surface area contributed by atoms with Crippen LogP contribution in [-0.2, 0) is 14.6 Å². The Morgan fingerprint density at radius 3 is 2.56 bits per heavy atom. The molecule has 1 fully saturated rings. The lowest BCUT2D eigenvalue weighted by Gasteiger charge is -2.10. The number of carbonyl (C=O) groups excluding carboxylic acids is 1. The molecule has 1 aromatic carbocycles. The van der Waals surface area contributed by atoms with Crippen LogP contribution in [0.15, 0.2) is 18.2 Å². The molecule has 1 atom stereocenters. The fraction of sp³-hybridized carbons (Fsp3) is 0.364. The van der Waals surface area contributed by atoms with Gasteiger partial charge < -0.3 is 5.32 Å². The fourth-order valence-electron chi connectivity index (χ4n) is 1.82. The Morgan fingerprint density at radius 2 is 2.00 bits per heavy atom. The van der Waals surface area contributed by atoms with Crippen molar-refractivity contribution in [1.29, 1.82) is 0 Å². The number of hydrogen-bond donors (Lipinski definition) is 1. The third kappa shape index (κ3) is 3.16. The van der Waals surface area contributed by atoms with E-state index in [4.69, 9.17) is 23.2 Å². The lowest BCUT2D eigenvalue weighted by molar-refractivity contribution is -0.119. The molecule has 1 unspecified atom stereocenters. The molecule has 0 bridgehead atoms. The van der Waals surface area contributed by atoms with Gasteiger partial charge in [0.25, 0.3) is 0 Å². The number of anilines is 1. The van der Waals surface area contributed by atoms with Crippen molar-refractivity contribution in [1.82, 2.24) is 0 Å². The molecule has 2 rings (SSSR count). The van der Waals surface area contributed by atoms with Crippen molar-refractivity contribution in [2.75, 3.05) is 16.8 Å². The molecule has 0 spiro atoms. The highest BCUT2D eigenvalue weighted by atomic mass is 35.5. The second-order valence-electron chi connectivity index (χ2n) is 4.22. The van der Waals surface area contributed by atoms with Crippen molar-refractivity contribution in [3.05, 3.63) is 28.2 Å². The number of sulfone groups is 1. The Bertz CT molecular complexity index is 586. The van der Waals surface area contributed by atoms with E-state index < -0.39 is 15.8 Å². The number of benzene rings is 1. The topological polar surface area (TPSA) is 63.2 Å². The van der Waals surface area contributed by atoms with Gasteiger partial charge in [-0.2, -0.15) is 0 Å². The van der Waals surface area contributed by atoms with E-state index >= 15 is 0 Å². The summed E-state index contributed by atoms with van der Waals surface area (Å²) in [6, 6.07) is 4.73. The lowest BCUT2D eigenvalue weighted by atomic mass is 10.1. The molecule has 1 aliphatic heterocycles. The molecule has 1 heterocycles. The second kappa shape index (κ2) is 5.07. The van der Waals surface area contributed by atoms with Crippen molar-refractivity contribution in [2.45, 2.75) is 6.42 Å². The van der Waals surface area contributed by atoms with Crippen molar-refractivity contribution in [3.8, 4) is 0 Å². The lowest BCUT2D eigenvalue weighted by Crippen LogP contribution is -2.23. The van der Waals surface area contributed by atoms with Crippen molar-refractivity contribution < 1.29 is 13.2 Å². The first kappa shape index (κ1) is 13.6. The van der Waals surface area contributed by atoms with Gasteiger partial charge in [0.2, 0.25) is 5.91 Å². The van der Waals surface area contributed by atoms with E-state index in [-0.39, 0.29) is 17.4 Å². The van der Waals surface area contributed by atoms with Gasteiger partial charge in [0, 0.05) is 5.69 Å². The standard InChI is InChI=1S/C11H11Cl2NO3S/c12-9-2-1-8(5-10(9)13)14-11(15)7-3-4-18(16,17)6-7/h1-2,5,7H,3-4,6H2,(H,14,15). The van der Waals surface area contributed by atoms with Crippen LogP contribution in [-0.4, -0.2) is 25.8 Å². The van der Waals surface area contributed by atoms with Crippen LogP contribution in [0.3, 0.4) is 0 Å². The van der Waals surface area contributed by atoms with Crippen LogP contribution in [0.25, 0.3) is 0 Å². The minimum atomic E-state index is -3.06. The largest absolute Gasteiger partial charge is 0.326 e. The zero-order valence-electron chi connectivity index (χ0n) is 9.32. The summed E-state index contributed by atoms with van der Waals surface area (Å²) in [5.41, 5.74) is 0.513. The summed E-state index contributed by atoms with van der Waals surface area (Å²) in [6.45, 7) is 0. The molecule has 98 valence electrons. The molecule has 1 aromatic rings. The smallest absolute Gasteiger partial charge is 0.228 e. The van der Waals surface area contributed by atoms with Gasteiger partial charge in [-0.15, -0.1) is 0 Å². The van der Waals surface area contributed by atoms with Gasteiger partial charge in [-0.1, -0.05) is 23.2 Å². The van der Waals surface area contributed by atoms with E-state index in [1.807, 2.05) is 0 Å². The van der Waals surface area contributed by atoms with Crippen LogP contribution in [0.2, 0.25) is 10.0 Å². The highest BCUT2D eigenvalue weighted by Gasteiger charge is 2.32. The van der Waals surface area contributed by atoms with E-state index in [9.17, 15) is 13.2 Å². The molecular formula is C11H11Cl2NO3S. The Morgan fingerprint density at radius 1 is 1.28 bits per heavy atom. The summed E-state index contributed by atoms with van der Waals surface area (Å²) in [4.78, 5) is 11.8. The third-order valence-electron chi connectivity index (χ3n) is 2.79. The first-order chi connectivity index (χ1) is 8.37. The molecular weight excluding hydrogens is 297 g/mol. The van der Waals surface area contributed by atoms with Gasteiger partial charge in [-0.05, 0) is 24.6 Å². The van der Waals surface area contributed by atoms with Gasteiger partial charge >= 0.3 is 0 Å². The van der Waals surface area contributed by atoms with E-state index in [2.05, 4.69) is 5.32 Å². The fourth-order valence-corrected chi connectivity index (χ4v) is 3.86. The summed E-state index contributed by atoms with van der Waals surface area (Å²) >= 11 is 11.6. The van der Waals surface area contributed by atoms with Crippen LogP contribution in [0.4, 0.5) is 5.69 Å². The average Bonchev–Trinajstić information content (AvgIpc) is 2.64. The first-order valence-electron chi connectivity index (χ1n) is 5.34. The predicted molar refractivity (Wildman–Crippen MR) is 71.9 cm³/mol. The molecule has 0 aromatic heterocycles. The SMILES string of the molecule is O=C(Nc1ccc(Cl)c(Cl)c1)C1CCS(=O)(=O)C1. The summed E-state index contributed by atoms with van der Waals surface area (Å²) < 4.78 is 22.6. The zero-order chi connectivity index (χ0) is 13.3. The van der Waals surface area contributed by atoms with Crippen LogP contribution < -0.4 is 5.32 Å². The maximum atomic E-state index is 11.8. The molecule has 1 amide bonds. The van der Waals surface area contributed by atoms with Gasteiger partial charge in [0.1, 0.15) is 0 Å². The molecule has 0 aliphatic carbocycles. The van der Waals surface area contributed by atoms with Crippen LogP contribution >= 0.6 is 23.2 Å². The number of rotatable bonds is 2. The van der Waals surface area contributed by atoms with Gasteiger partial charge in [-0.3, -0.25) is 4.79 Å². The highest BCUT2D eigenvalue weighted by Crippen LogP contribution is 2.26. The van der Waals surface area contributed by atoms with E-state index in [0.717, 1.165) is 0 Å². The summed E-state index contributed by atoms with van der Waals surface area (Å²) in [5.74, 6) is -0.786. The van der Waals surface area contributed by atoms with Crippen molar-refractivity contribution in [2.24, 2.45) is 5.92 Å². The molecule has 7 heteroatoms. The van der Waals surface area contributed by atoms with E-state index in [0.29, 0.717) is 22.2 Å². The Labute approximate surface area is 115 Å². The van der Waals surface area contributed by atoms with Crippen molar-refractivity contribution in [3.63, 3.8) is 0 Å². The molecule has 1 aliphatic rings. The Hall–Kier alpha value is -0.780. The molecule has 0 saturated carbocycles. The average molecular weight is 308 g/mol. The quantitative estimate of drug-likeness (QED) is 0.912. The third-order valence-corrected chi connectivity index (χ3v) is 5.30. The van der Waals surface area contributed by atoms with Crippen LogP contribution in [0.5, 0.6) is 0 Å². The number of hydrogen-bond acceptors (Lipinski definition) is 3. The predicted octanol–water partition coefficient (Wildman–Crippen LogP) is 2.37. The second-order valence-corrected chi connectivity index (χ2v) is 7.26. The first-order valence-corrected chi connectivity index (χ1v) is 7.91. The summed E-state index contributed by atoms with van der Waals surface area (Å²) in [5, 5.41) is 3.39. The Kier molecular flexibility index (Phi) is 3.84. The van der Waals surface area contributed by atoms with Crippen molar-refractivity contribution >= 4 is 44.6 Å². The van der Waals surface area contributed by atoms with Crippen LogP contribution in [0, 0.1) is 5.92 Å². The van der Waals surface area contributed by atoms with Gasteiger partial charge in [0.05, 0.1) is 27.5 Å². The minimum absolute atomic E-state index is 0.0759. The maximum absolute atomic E-state index is 11.8. The number of halogens is 2. The molecule has 18 heavy (non-hydrogen) atoms. The monoisotopic (exact) mass is 307 g/mol. The molecule has 1 N–H and O–H groups in total. The maximum Gasteiger partial charge on any atom is 0.228 e. The van der Waals surface area contributed by atoms with Crippen LogP contribution in [0.1, 0.15) is 6.42 Å². The van der Waals surface area contributed by atoms with Gasteiger partial charge in [0.15, 0.2) is 9.84 Å². The molecule has 1 saturated heterocycles. The number of nitrogens with one attached hydrogen (secondary N) is 1. The minimum Gasteiger partial charge on any atom is -0.326 e. The highest BCUT2D eigenvalue weighted by molar-refractivity contribution is 7.91. The normalized spacial score (nSPS) is 21.8. The van der Waals surface area contributed by atoms with Gasteiger partial charge in [-0.25, -0.2) is 8.42 Å². The van der Waals surface area contributed by atoms with E-state index in [1.165, 1.54) is 6.07 Å². The summed E-state index contributed by atoms with van der Waals surface area (Å²) in [7, 11) is -3.06.